The molecule has 0 radical (unpaired) electrons. The molecule has 1 saturated heterocycles. The van der Waals surface area contributed by atoms with Crippen molar-refractivity contribution in [1.29, 1.82) is 0 Å². The fraction of sp³-hybridized carbons (Fsp3) is 0.455. The number of nitrogens with zero attached hydrogens (tertiary/aromatic N) is 4. The number of amides is 1. The zero-order valence-corrected chi connectivity index (χ0v) is 13.0. The third-order valence-electron chi connectivity index (χ3n) is 3.08. The summed E-state index contributed by atoms with van der Waals surface area (Å²) in [4.78, 5) is 29.3. The minimum absolute atomic E-state index is 0.0660. The molecule has 0 saturated carbocycles. The maximum absolute atomic E-state index is 11.8. The van der Waals surface area contributed by atoms with E-state index in [9.17, 15) is 14.9 Å². The van der Waals surface area contributed by atoms with E-state index in [0.29, 0.717) is 32.0 Å². The van der Waals surface area contributed by atoms with E-state index in [1.165, 1.54) is 17.2 Å². The summed E-state index contributed by atoms with van der Waals surface area (Å²) in [5, 5.41) is 10.6. The molecular weight excluding hydrogens is 343 g/mol. The quantitative estimate of drug-likeness (QED) is 0.461. The number of aromatic nitrogens is 1. The summed E-state index contributed by atoms with van der Waals surface area (Å²) in [5.41, 5.74) is -0.0660. The number of pyridine rings is 1. The average molecular weight is 354 g/mol. The number of piperazine rings is 1. The topological polar surface area (TPSA) is 79.6 Å². The van der Waals surface area contributed by atoms with Gasteiger partial charge in [0.2, 0.25) is 0 Å². The first-order valence-electron chi connectivity index (χ1n) is 6.00. The zero-order chi connectivity index (χ0) is 15.6. The van der Waals surface area contributed by atoms with E-state index in [4.69, 9.17) is 34.8 Å². The maximum Gasteiger partial charge on any atom is 0.287 e. The summed E-state index contributed by atoms with van der Waals surface area (Å²) in [6, 6.07) is 2.96. The van der Waals surface area contributed by atoms with Gasteiger partial charge < -0.3 is 9.80 Å². The summed E-state index contributed by atoms with van der Waals surface area (Å²) in [5.74, 6) is 0.0605. The van der Waals surface area contributed by atoms with Crippen LogP contribution in [0.2, 0.25) is 0 Å². The van der Waals surface area contributed by atoms with E-state index in [1.54, 1.807) is 6.07 Å². The van der Waals surface area contributed by atoms with Gasteiger partial charge >= 0.3 is 0 Å². The predicted molar refractivity (Wildman–Crippen MR) is 80.0 cm³/mol. The Hall–Kier alpha value is -1.31. The molecule has 0 spiro atoms. The first-order chi connectivity index (χ1) is 9.79. The van der Waals surface area contributed by atoms with Crippen molar-refractivity contribution in [2.24, 2.45) is 0 Å². The number of anilines is 1. The third-order valence-corrected chi connectivity index (χ3v) is 3.56. The van der Waals surface area contributed by atoms with Gasteiger partial charge in [0.1, 0.15) is 12.0 Å². The zero-order valence-electron chi connectivity index (χ0n) is 10.7. The van der Waals surface area contributed by atoms with Crippen molar-refractivity contribution in [3.63, 3.8) is 0 Å². The second-order valence-electron chi connectivity index (χ2n) is 4.41. The second-order valence-corrected chi connectivity index (χ2v) is 6.69. The summed E-state index contributed by atoms with van der Waals surface area (Å²) in [6.45, 7) is 1.81. The monoisotopic (exact) mass is 352 g/mol. The van der Waals surface area contributed by atoms with Crippen molar-refractivity contribution in [3.8, 4) is 0 Å². The van der Waals surface area contributed by atoms with Crippen molar-refractivity contribution < 1.29 is 9.72 Å². The lowest BCUT2D eigenvalue weighted by atomic mass is 10.3. The first-order valence-corrected chi connectivity index (χ1v) is 7.14. The minimum atomic E-state index is -1.95. The Bertz CT molecular complexity index is 539. The molecule has 0 aromatic carbocycles. The number of carbonyl (C=O) groups excluding carboxylic acids is 1. The Kier molecular flexibility index (Phi) is 4.75. The molecule has 2 heterocycles. The predicted octanol–water partition coefficient (Wildman–Crippen LogP) is 2.01. The highest BCUT2D eigenvalue weighted by Gasteiger charge is 2.36. The van der Waals surface area contributed by atoms with E-state index in [2.05, 4.69) is 4.98 Å². The molecule has 1 aliphatic rings. The molecule has 21 heavy (non-hydrogen) atoms. The third kappa shape index (κ3) is 3.87. The van der Waals surface area contributed by atoms with Crippen LogP contribution in [-0.4, -0.2) is 50.7 Å². The lowest BCUT2D eigenvalue weighted by Gasteiger charge is -2.36. The first kappa shape index (κ1) is 16.1. The van der Waals surface area contributed by atoms with Crippen molar-refractivity contribution in [2.75, 3.05) is 31.1 Å². The fourth-order valence-corrected chi connectivity index (χ4v) is 2.35. The molecule has 0 aliphatic carbocycles. The van der Waals surface area contributed by atoms with Crippen molar-refractivity contribution in [2.45, 2.75) is 3.79 Å². The minimum Gasteiger partial charge on any atom is -0.353 e. The Morgan fingerprint density at radius 2 is 1.86 bits per heavy atom. The molecule has 2 rings (SSSR count). The second kappa shape index (κ2) is 6.21. The Labute approximate surface area is 135 Å². The molecule has 1 aromatic rings. The van der Waals surface area contributed by atoms with Crippen LogP contribution >= 0.6 is 34.8 Å². The van der Waals surface area contributed by atoms with Crippen LogP contribution in [0, 0.1) is 10.1 Å². The molecular formula is C11H11Cl3N4O3. The summed E-state index contributed by atoms with van der Waals surface area (Å²) in [6.07, 6.45) is 1.20. The molecule has 1 amide bonds. The SMILES string of the molecule is O=C(N1CCN(c2ccc([N+](=O)[O-])cn2)CC1)C(Cl)(Cl)Cl. The van der Waals surface area contributed by atoms with E-state index in [-0.39, 0.29) is 5.69 Å². The van der Waals surface area contributed by atoms with Crippen LogP contribution in [-0.2, 0) is 4.79 Å². The number of alkyl halides is 3. The molecule has 0 atom stereocenters. The van der Waals surface area contributed by atoms with Crippen LogP contribution in [0.5, 0.6) is 0 Å². The summed E-state index contributed by atoms with van der Waals surface area (Å²) in [7, 11) is 0. The van der Waals surface area contributed by atoms with Gasteiger partial charge in [-0.3, -0.25) is 14.9 Å². The van der Waals surface area contributed by atoms with Crippen molar-refractivity contribution in [3.05, 3.63) is 28.4 Å². The largest absolute Gasteiger partial charge is 0.353 e. The highest BCUT2D eigenvalue weighted by molar-refractivity contribution is 6.76. The maximum atomic E-state index is 11.8. The van der Waals surface area contributed by atoms with Crippen LogP contribution in [0.25, 0.3) is 0 Å². The Morgan fingerprint density at radius 1 is 1.24 bits per heavy atom. The highest BCUT2D eigenvalue weighted by Crippen LogP contribution is 2.29. The summed E-state index contributed by atoms with van der Waals surface area (Å²) < 4.78 is -1.95. The van der Waals surface area contributed by atoms with Gasteiger partial charge in [-0.25, -0.2) is 4.98 Å². The van der Waals surface area contributed by atoms with Crippen LogP contribution in [0.3, 0.4) is 0 Å². The summed E-state index contributed by atoms with van der Waals surface area (Å²) >= 11 is 16.7. The number of rotatable bonds is 2. The molecule has 10 heteroatoms. The Morgan fingerprint density at radius 3 is 2.29 bits per heavy atom. The van der Waals surface area contributed by atoms with Crippen LogP contribution in [0.15, 0.2) is 18.3 Å². The highest BCUT2D eigenvalue weighted by atomic mass is 35.6. The van der Waals surface area contributed by atoms with Gasteiger partial charge in [0, 0.05) is 32.2 Å². The van der Waals surface area contributed by atoms with E-state index >= 15 is 0 Å². The van der Waals surface area contributed by atoms with E-state index in [0.717, 1.165) is 0 Å². The van der Waals surface area contributed by atoms with Gasteiger partial charge in [0.25, 0.3) is 15.4 Å². The molecule has 7 nitrogen and oxygen atoms in total. The normalized spacial score (nSPS) is 16.0. The van der Waals surface area contributed by atoms with Gasteiger partial charge in [-0.2, -0.15) is 0 Å². The molecule has 1 fully saturated rings. The smallest absolute Gasteiger partial charge is 0.287 e. The number of hydrogen-bond donors (Lipinski definition) is 0. The van der Waals surface area contributed by atoms with Crippen LogP contribution in [0.1, 0.15) is 0 Å². The van der Waals surface area contributed by atoms with E-state index < -0.39 is 14.6 Å². The van der Waals surface area contributed by atoms with Gasteiger partial charge in [-0.15, -0.1) is 0 Å². The van der Waals surface area contributed by atoms with Gasteiger partial charge in [-0.05, 0) is 6.07 Å². The standard InChI is InChI=1S/C11H11Cl3N4O3/c12-11(13,14)10(19)17-5-3-16(4-6-17)9-2-1-8(7-15-9)18(20)21/h1-2,7H,3-6H2. The van der Waals surface area contributed by atoms with E-state index in [1.807, 2.05) is 4.90 Å². The molecule has 0 N–H and O–H groups in total. The lowest BCUT2D eigenvalue weighted by molar-refractivity contribution is -0.385. The molecule has 1 aliphatic heterocycles. The number of nitro groups is 1. The number of carbonyl (C=O) groups is 1. The van der Waals surface area contributed by atoms with Crippen molar-refractivity contribution >= 4 is 52.2 Å². The van der Waals surface area contributed by atoms with Crippen LogP contribution in [0.4, 0.5) is 11.5 Å². The lowest BCUT2D eigenvalue weighted by Crippen LogP contribution is -2.52. The average Bonchev–Trinajstić information content (AvgIpc) is 2.46. The molecule has 0 unspecified atom stereocenters. The van der Waals surface area contributed by atoms with Gasteiger partial charge in [0.15, 0.2) is 0 Å². The number of halogens is 3. The van der Waals surface area contributed by atoms with Crippen molar-refractivity contribution in [1.82, 2.24) is 9.88 Å². The fourth-order valence-electron chi connectivity index (χ4n) is 1.99. The molecule has 1 aromatic heterocycles. The molecule has 0 bridgehead atoms. The van der Waals surface area contributed by atoms with Gasteiger partial charge in [0.05, 0.1) is 4.92 Å². The number of hydrogen-bond acceptors (Lipinski definition) is 5. The molecule has 114 valence electrons. The van der Waals surface area contributed by atoms with Crippen LogP contribution < -0.4 is 4.90 Å². The Balaban J connectivity index is 1.98. The van der Waals surface area contributed by atoms with Gasteiger partial charge in [-0.1, -0.05) is 34.8 Å².